The number of nitrogens with zero attached hydrogens (tertiary/aromatic N) is 1. The third-order valence-electron chi connectivity index (χ3n) is 3.70. The van der Waals surface area contributed by atoms with E-state index in [4.69, 9.17) is 5.41 Å². The first-order chi connectivity index (χ1) is 11.9. The predicted molar refractivity (Wildman–Crippen MR) is 84.9 cm³/mol. The van der Waals surface area contributed by atoms with Crippen molar-refractivity contribution in [2.24, 2.45) is 0 Å². The average molecular weight is 342 g/mol. The van der Waals surface area contributed by atoms with Gasteiger partial charge in [0.15, 0.2) is 5.78 Å². The Hall–Kier alpha value is -3.48. The summed E-state index contributed by atoms with van der Waals surface area (Å²) in [6.07, 6.45) is 6.88. The second-order valence-electron chi connectivity index (χ2n) is 5.27. The van der Waals surface area contributed by atoms with Crippen molar-refractivity contribution in [1.82, 2.24) is 4.73 Å². The van der Waals surface area contributed by atoms with Gasteiger partial charge in [-0.3, -0.25) is 10.2 Å². The maximum absolute atomic E-state index is 13.9. The fourth-order valence-electron chi connectivity index (χ4n) is 2.49. The molecule has 0 amide bonds. The highest BCUT2D eigenvalue weighted by Crippen LogP contribution is 2.14. The molecule has 2 aromatic rings. The van der Waals surface area contributed by atoms with E-state index in [0.29, 0.717) is 10.8 Å². The van der Waals surface area contributed by atoms with E-state index in [1.54, 1.807) is 6.08 Å². The van der Waals surface area contributed by atoms with E-state index in [0.717, 1.165) is 18.3 Å². The number of carbonyl (C=O) groups excluding carboxylic acids is 1. The Kier molecular flexibility index (Phi) is 4.06. The van der Waals surface area contributed by atoms with Crippen molar-refractivity contribution >= 4 is 17.1 Å². The van der Waals surface area contributed by atoms with E-state index >= 15 is 0 Å². The molecule has 5 nitrogen and oxygen atoms in total. The average Bonchev–Trinajstić information content (AvgIpc) is 2.56. The Bertz CT molecular complexity index is 1130. The van der Waals surface area contributed by atoms with Crippen molar-refractivity contribution in [3.63, 3.8) is 0 Å². The number of aliphatic hydroxyl groups excluding tert-OH is 1. The van der Waals surface area contributed by atoms with Crippen LogP contribution in [0.25, 0.3) is 11.3 Å². The highest BCUT2D eigenvalue weighted by atomic mass is 19.1. The van der Waals surface area contributed by atoms with Crippen LogP contribution in [0.4, 0.5) is 8.78 Å². The first-order valence-corrected chi connectivity index (χ1v) is 7.17. The van der Waals surface area contributed by atoms with Crippen molar-refractivity contribution in [2.75, 3.05) is 0 Å². The molecule has 0 saturated heterocycles. The van der Waals surface area contributed by atoms with Crippen molar-refractivity contribution < 1.29 is 23.9 Å². The van der Waals surface area contributed by atoms with Crippen molar-refractivity contribution in [2.45, 2.75) is 0 Å². The highest BCUT2D eigenvalue weighted by Gasteiger charge is 2.13. The molecule has 1 aliphatic carbocycles. The largest absolute Gasteiger partial charge is 0.507 e. The summed E-state index contributed by atoms with van der Waals surface area (Å²) in [7, 11) is 0. The third-order valence-corrected chi connectivity index (χ3v) is 3.70. The summed E-state index contributed by atoms with van der Waals surface area (Å²) in [6, 6.07) is 3.82. The Morgan fingerprint density at radius 1 is 1.12 bits per heavy atom. The second-order valence-corrected chi connectivity index (χ2v) is 5.27. The van der Waals surface area contributed by atoms with Gasteiger partial charge in [-0.2, -0.15) is 4.73 Å². The summed E-state index contributed by atoms with van der Waals surface area (Å²) in [5, 5.41) is 27.9. The minimum Gasteiger partial charge on any atom is -0.507 e. The van der Waals surface area contributed by atoms with E-state index in [9.17, 15) is 23.9 Å². The number of ketones is 1. The molecule has 1 heterocycles. The molecule has 0 atom stereocenters. The summed E-state index contributed by atoms with van der Waals surface area (Å²) in [6.45, 7) is 0. The van der Waals surface area contributed by atoms with Gasteiger partial charge in [0.2, 0.25) is 0 Å². The summed E-state index contributed by atoms with van der Waals surface area (Å²) >= 11 is 0. The molecule has 1 aliphatic rings. The van der Waals surface area contributed by atoms with E-state index < -0.39 is 23.2 Å². The summed E-state index contributed by atoms with van der Waals surface area (Å²) in [5.74, 6) is -2.83. The fourth-order valence-corrected chi connectivity index (χ4v) is 2.49. The van der Waals surface area contributed by atoms with Gasteiger partial charge in [-0.15, -0.1) is 0 Å². The number of aromatic nitrogens is 1. The number of aliphatic hydroxyl groups is 1. The number of allylic oxidation sites excluding steroid dienone is 4. The molecule has 3 N–H and O–H groups in total. The van der Waals surface area contributed by atoms with Gasteiger partial charge in [-0.1, -0.05) is 12.2 Å². The molecule has 1 aromatic carbocycles. The number of halogens is 2. The van der Waals surface area contributed by atoms with Crippen molar-refractivity contribution in [3.8, 4) is 0 Å². The lowest BCUT2D eigenvalue weighted by Crippen LogP contribution is -2.47. The van der Waals surface area contributed by atoms with E-state index in [2.05, 4.69) is 0 Å². The number of benzene rings is 1. The van der Waals surface area contributed by atoms with Crippen LogP contribution in [0, 0.1) is 17.0 Å². The molecule has 3 rings (SSSR count). The van der Waals surface area contributed by atoms with Crippen LogP contribution in [-0.4, -0.2) is 20.8 Å². The van der Waals surface area contributed by atoms with Crippen LogP contribution in [0.15, 0.2) is 54.8 Å². The Morgan fingerprint density at radius 2 is 1.84 bits per heavy atom. The summed E-state index contributed by atoms with van der Waals surface area (Å²) < 4.78 is 27.5. The SMILES string of the molecule is N=c1/c(=C(\O)c2ccc(F)cc2F)ccn(O)/c1=C1\C=CC=CC1=O. The fraction of sp³-hybridized carbons (Fsp3) is 0. The van der Waals surface area contributed by atoms with Crippen LogP contribution in [0.1, 0.15) is 5.56 Å². The van der Waals surface area contributed by atoms with Gasteiger partial charge in [0.25, 0.3) is 0 Å². The highest BCUT2D eigenvalue weighted by molar-refractivity contribution is 6.24. The summed E-state index contributed by atoms with van der Waals surface area (Å²) in [4.78, 5) is 12.0. The first kappa shape index (κ1) is 16.4. The maximum Gasteiger partial charge on any atom is 0.188 e. The Balaban J connectivity index is 2.41. The second kappa shape index (κ2) is 6.20. The monoisotopic (exact) mass is 342 g/mol. The predicted octanol–water partition coefficient (Wildman–Crippen LogP) is 1.04. The van der Waals surface area contributed by atoms with E-state index in [-0.39, 0.29) is 27.1 Å². The Morgan fingerprint density at radius 3 is 2.52 bits per heavy atom. The molecule has 1 aromatic heterocycles. The number of rotatable bonds is 1. The van der Waals surface area contributed by atoms with Crippen molar-refractivity contribution in [3.05, 3.63) is 87.9 Å². The normalized spacial score (nSPS) is 17.0. The van der Waals surface area contributed by atoms with Gasteiger partial charge in [0.05, 0.1) is 16.5 Å². The summed E-state index contributed by atoms with van der Waals surface area (Å²) in [5.41, 5.74) is -0.254. The molecule has 0 fully saturated rings. The van der Waals surface area contributed by atoms with Crippen LogP contribution in [0.3, 0.4) is 0 Å². The quantitative estimate of drug-likeness (QED) is 0.677. The molecule has 0 radical (unpaired) electrons. The number of carbonyl (C=O) groups is 1. The van der Waals surface area contributed by atoms with Crippen LogP contribution in [-0.2, 0) is 4.79 Å². The lowest BCUT2D eigenvalue weighted by molar-refractivity contribution is -0.109. The van der Waals surface area contributed by atoms with Gasteiger partial charge < -0.3 is 10.3 Å². The van der Waals surface area contributed by atoms with Gasteiger partial charge in [0, 0.05) is 17.5 Å². The molecule has 0 aliphatic heterocycles. The molecule has 7 heteroatoms. The smallest absolute Gasteiger partial charge is 0.188 e. The van der Waals surface area contributed by atoms with E-state index in [1.165, 1.54) is 24.3 Å². The van der Waals surface area contributed by atoms with Crippen LogP contribution in [0.5, 0.6) is 0 Å². The molecular weight excluding hydrogens is 330 g/mol. The lowest BCUT2D eigenvalue weighted by Gasteiger charge is -2.07. The number of hydrogen-bond acceptors (Lipinski definition) is 4. The zero-order valence-corrected chi connectivity index (χ0v) is 12.7. The van der Waals surface area contributed by atoms with Crippen molar-refractivity contribution in [1.29, 1.82) is 5.41 Å². The molecule has 0 spiro atoms. The molecular formula is C18H12F2N2O3. The first-order valence-electron chi connectivity index (χ1n) is 7.17. The molecule has 25 heavy (non-hydrogen) atoms. The molecule has 0 bridgehead atoms. The molecule has 0 saturated carbocycles. The van der Waals surface area contributed by atoms with Gasteiger partial charge in [0.1, 0.15) is 22.7 Å². The standard InChI is InChI=1S/C18H12F2N2O3/c19-10-5-6-11(14(20)9-10)18(24)13-7-8-22(25)17(16(13)21)12-3-1-2-4-15(12)23/h1-9,21,24-25H/b17-12+,18-13-,21-16?. The minimum absolute atomic E-state index is 0.0456. The lowest BCUT2D eigenvalue weighted by atomic mass is 10.0. The molecule has 126 valence electrons. The number of pyridine rings is 1. The number of nitrogens with one attached hydrogen (secondary N) is 1. The van der Waals surface area contributed by atoms with Crippen LogP contribution < -0.4 is 15.9 Å². The third kappa shape index (κ3) is 2.87. The zero-order chi connectivity index (χ0) is 18.1. The topological polar surface area (TPSA) is 86.3 Å². The zero-order valence-electron chi connectivity index (χ0n) is 12.7. The molecule has 0 unspecified atom stereocenters. The van der Waals surface area contributed by atoms with Gasteiger partial charge >= 0.3 is 0 Å². The minimum atomic E-state index is -0.997. The van der Waals surface area contributed by atoms with E-state index in [1.807, 2.05) is 0 Å². The Labute approximate surface area is 139 Å². The maximum atomic E-state index is 13.9. The van der Waals surface area contributed by atoms with Crippen LogP contribution >= 0.6 is 0 Å². The van der Waals surface area contributed by atoms with Gasteiger partial charge in [-0.25, -0.2) is 8.78 Å². The van der Waals surface area contributed by atoms with Crippen LogP contribution in [0.2, 0.25) is 0 Å². The number of hydrogen-bond donors (Lipinski definition) is 3. The van der Waals surface area contributed by atoms with Gasteiger partial charge in [-0.05, 0) is 30.4 Å².